The van der Waals surface area contributed by atoms with Crippen molar-refractivity contribution >= 4 is 155 Å². The average Bonchev–Trinajstić information content (AvgIpc) is 1.45. The van der Waals surface area contributed by atoms with E-state index in [0.717, 1.165) is 64.5 Å². The smallest absolute Gasteiger partial charge is 0.261 e. The maximum Gasteiger partial charge on any atom is 0.261 e. The molecule has 3 aromatic heterocycles. The Labute approximate surface area is 644 Å². The molecule has 0 saturated carbocycles. The molecule has 0 radical (unpaired) electrons. The number of para-hydroxylation sites is 2. The van der Waals surface area contributed by atoms with E-state index in [1.54, 1.807) is 140 Å². The van der Waals surface area contributed by atoms with E-state index in [4.69, 9.17) is 33.9 Å². The number of pyridine rings is 2. The normalized spacial score (nSPS) is 30.1. The van der Waals surface area contributed by atoms with Crippen LogP contribution in [0.5, 0.6) is 11.5 Å². The third kappa shape index (κ3) is 14.5. The number of rotatable bonds is 13. The lowest BCUT2D eigenvalue weighted by molar-refractivity contribution is -0.163. The van der Waals surface area contributed by atoms with Crippen LogP contribution in [0, 0.1) is 57.2 Å². The number of amides is 6. The van der Waals surface area contributed by atoms with E-state index in [0.29, 0.717) is 38.8 Å². The number of nitriles is 3. The lowest BCUT2D eigenvalue weighted by Gasteiger charge is -2.52. The number of thioether (sulfide) groups is 6. The zero-order valence-corrected chi connectivity index (χ0v) is 66.3. The largest absolute Gasteiger partial charge is 0.440 e. The highest BCUT2D eigenvalue weighted by Gasteiger charge is 2.75. The Morgan fingerprint density at radius 3 is 1.20 bits per heavy atom. The molecule has 2 aromatic carbocycles. The first-order valence-corrected chi connectivity index (χ1v) is 38.1. The van der Waals surface area contributed by atoms with Gasteiger partial charge in [0.25, 0.3) is 35.4 Å². The Morgan fingerprint density at radius 2 is 0.857 bits per heavy atom. The molecule has 6 amide bonds. The highest BCUT2D eigenvalue weighted by Crippen LogP contribution is 2.66. The summed E-state index contributed by atoms with van der Waals surface area (Å²) in [6, 6.07) is 29.2. The van der Waals surface area contributed by atoms with E-state index >= 15 is 0 Å². The molecule has 105 heavy (non-hydrogen) atoms. The van der Waals surface area contributed by atoms with E-state index in [2.05, 4.69) is 44.7 Å². The number of aryl methyl sites for hydroxylation is 1. The van der Waals surface area contributed by atoms with Gasteiger partial charge in [0.2, 0.25) is 8.77 Å². The number of aliphatic hydroxyl groups is 1. The van der Waals surface area contributed by atoms with Gasteiger partial charge in [0.05, 0.1) is 64.9 Å². The molecule has 6 saturated heterocycles. The van der Waals surface area contributed by atoms with Gasteiger partial charge in [0, 0.05) is 97.2 Å². The fourth-order valence-corrected chi connectivity index (χ4v) is 22.4. The van der Waals surface area contributed by atoms with Crippen LogP contribution in [0.4, 0.5) is 0 Å². The second kappa shape index (κ2) is 30.5. The summed E-state index contributed by atoms with van der Waals surface area (Å²) in [5.74, 6) is -1.66. The first-order chi connectivity index (χ1) is 49.2. The van der Waals surface area contributed by atoms with E-state index in [1.165, 1.54) is 95.5 Å². The summed E-state index contributed by atoms with van der Waals surface area (Å²) >= 11 is 16.5. The maximum atomic E-state index is 14.9. The number of aliphatic hydroxyl groups excluding tert-OH is 1. The van der Waals surface area contributed by atoms with Crippen molar-refractivity contribution in [3.05, 3.63) is 156 Å². The second-order valence-corrected chi connectivity index (χ2v) is 37.1. The van der Waals surface area contributed by atoms with Gasteiger partial charge in [-0.3, -0.25) is 53.1 Å². The molecule has 5 aromatic rings. The maximum absolute atomic E-state index is 14.9. The number of carbonyl (C=O) groups is 9. The van der Waals surface area contributed by atoms with Crippen molar-refractivity contribution in [2.24, 2.45) is 16.2 Å². The van der Waals surface area contributed by atoms with Crippen LogP contribution in [-0.2, 0) is 49.8 Å². The molecule has 1 N–H and O–H groups in total. The summed E-state index contributed by atoms with van der Waals surface area (Å²) in [4.78, 5) is 138. The first-order valence-electron chi connectivity index (χ1n) is 32.4. The van der Waals surface area contributed by atoms with Gasteiger partial charge in [-0.25, -0.2) is 9.97 Å². The van der Waals surface area contributed by atoms with Crippen LogP contribution >= 0.6 is 95.0 Å². The predicted molar refractivity (Wildman–Crippen MR) is 408 cm³/mol. The molecular weight excluding hydrogens is 1500 g/mol. The lowest BCUT2D eigenvalue weighted by Crippen LogP contribution is -2.71. The summed E-state index contributed by atoms with van der Waals surface area (Å²) < 4.78 is 11.8. The van der Waals surface area contributed by atoms with Crippen molar-refractivity contribution in [2.45, 2.75) is 149 Å². The fraction of sp³-hybridized carbons (Fsp3) is 0.417. The lowest BCUT2D eigenvalue weighted by atomic mass is 9.80. The monoisotopic (exact) mass is 1570 g/mol. The molecule has 33 heteroatoms. The Hall–Kier alpha value is -8.30. The SMILES string of the molecule is C=C(C)S[C@@]1(C)C(=O)N2[C@@H](c3cncnc3)[C@@](C)(C#N)C[C@]2(SC(C)=O)C(=O)N1C.CC(=O)S[C@@]1(C)C(=O)N2C(c3ccc(C)nc3)[C@@](C)(C#N)C[C@]2(SC(C)=O)C(=O)N1C.CN1C(=O)[C@@]2(SC(=S)Oc3ccccc3)C[C@](C)(C#N)C(c3ccc(CO)nc3)N2C(=O)[C@]1(C)SC(=S)Oc1ccccc1. The second-order valence-electron chi connectivity index (χ2n) is 27.0. The van der Waals surface area contributed by atoms with Gasteiger partial charge in [-0.1, -0.05) is 78.6 Å². The average molecular weight is 1570 g/mol. The third-order valence-corrected chi connectivity index (χ3v) is 26.7. The number of allylic oxidation sites excluding steroid dienone is 1. The van der Waals surface area contributed by atoms with Crippen LogP contribution in [0.3, 0.4) is 0 Å². The number of hydrogen-bond donors (Lipinski definition) is 1. The Morgan fingerprint density at radius 1 is 0.505 bits per heavy atom. The predicted octanol–water partition coefficient (Wildman–Crippen LogP) is 10.8. The minimum atomic E-state index is -1.62. The molecule has 0 spiro atoms. The Kier molecular flexibility index (Phi) is 23.5. The first kappa shape index (κ1) is 80.8. The van der Waals surface area contributed by atoms with Crippen molar-refractivity contribution in [3.8, 4) is 29.7 Å². The van der Waals surface area contributed by atoms with Crippen LogP contribution in [0.1, 0.15) is 135 Å². The number of aromatic nitrogens is 4. The summed E-state index contributed by atoms with van der Waals surface area (Å²) in [6.07, 6.45) is 7.52. The van der Waals surface area contributed by atoms with Crippen molar-refractivity contribution in [1.29, 1.82) is 15.8 Å². The molecule has 11 rings (SSSR count). The van der Waals surface area contributed by atoms with Crippen LogP contribution in [-0.4, -0.2) is 164 Å². The summed E-state index contributed by atoms with van der Waals surface area (Å²) in [6.45, 7) is 21.1. The number of carbonyl (C=O) groups excluding carboxylic acids is 9. The number of thiocarbonyl (C=S) groups is 2. The van der Waals surface area contributed by atoms with Crippen molar-refractivity contribution in [1.82, 2.24) is 49.3 Å². The molecule has 9 heterocycles. The molecular formula is C72H75N13O12S8. The van der Waals surface area contributed by atoms with Crippen molar-refractivity contribution < 1.29 is 57.7 Å². The van der Waals surface area contributed by atoms with Crippen LogP contribution in [0.15, 0.2) is 128 Å². The van der Waals surface area contributed by atoms with Gasteiger partial charge in [-0.15, -0.1) is 0 Å². The number of piperazine rings is 3. The van der Waals surface area contributed by atoms with Crippen LogP contribution in [0.2, 0.25) is 0 Å². The number of fused-ring (bicyclic) bond motifs is 3. The molecule has 2 unspecified atom stereocenters. The molecule has 12 atom stereocenters. The van der Waals surface area contributed by atoms with Gasteiger partial charge >= 0.3 is 0 Å². The summed E-state index contributed by atoms with van der Waals surface area (Å²) in [7, 11) is 4.55. The number of likely N-dealkylation sites (N-methyl/N-ethyl adjacent to an activating group) is 3. The van der Waals surface area contributed by atoms with Gasteiger partial charge in [-0.05, 0) is 179 Å². The zero-order chi connectivity index (χ0) is 77.5. The molecule has 0 aliphatic carbocycles. The molecule has 6 fully saturated rings. The zero-order valence-electron chi connectivity index (χ0n) is 59.8. The Balaban J connectivity index is 0.000000188. The number of benzene rings is 2. The van der Waals surface area contributed by atoms with Gasteiger partial charge < -0.3 is 44.0 Å². The quantitative estimate of drug-likeness (QED) is 0.107. The van der Waals surface area contributed by atoms with Gasteiger partial charge in [0.1, 0.15) is 17.8 Å². The van der Waals surface area contributed by atoms with E-state index < -0.39 is 87.2 Å². The molecule has 6 aliphatic heterocycles. The van der Waals surface area contributed by atoms with E-state index in [9.17, 15) is 64.0 Å². The van der Waals surface area contributed by atoms with Crippen LogP contribution in [0.25, 0.3) is 0 Å². The molecule has 548 valence electrons. The van der Waals surface area contributed by atoms with Gasteiger partial charge in [-0.2, -0.15) is 15.8 Å². The fourth-order valence-electron chi connectivity index (χ4n) is 14.3. The Bertz CT molecular complexity index is 4520. The number of ether oxygens (including phenoxy) is 2. The number of hydrogen-bond acceptors (Lipinski definition) is 27. The van der Waals surface area contributed by atoms with E-state index in [-0.39, 0.29) is 61.8 Å². The molecule has 0 bridgehead atoms. The van der Waals surface area contributed by atoms with Crippen molar-refractivity contribution in [3.63, 3.8) is 0 Å². The molecule has 25 nitrogen and oxygen atoms in total. The molecule has 6 aliphatic rings. The summed E-state index contributed by atoms with van der Waals surface area (Å²) in [5.41, 5.74) is -0.653. The third-order valence-electron chi connectivity index (χ3n) is 19.3. The van der Waals surface area contributed by atoms with Crippen LogP contribution < -0.4 is 9.47 Å². The van der Waals surface area contributed by atoms with E-state index in [1.807, 2.05) is 19.1 Å². The highest BCUT2D eigenvalue weighted by molar-refractivity contribution is 8.24. The summed E-state index contributed by atoms with van der Waals surface area (Å²) in [5, 5.41) is 39.4. The minimum absolute atomic E-state index is 0.0169. The highest BCUT2D eigenvalue weighted by atomic mass is 32.2. The topological polar surface area (TPSA) is 335 Å². The van der Waals surface area contributed by atoms with Crippen molar-refractivity contribution in [2.75, 3.05) is 21.1 Å². The standard InChI is InChI=1S/C31H28N4O5S4.C21H24N4O4S2.C20H23N5O3S2/c1-29(19-32)18-31(44-28(42)40-23-12-8-5-9-13-23)26(38)34(3)30(2,43-27(41)39-22-10-6-4-7-11-22)25(37)35(31)24(29)20-14-15-21(17-36)33-16-20;1-12-7-8-15(9-23-12)16-19(4,11-22)10-21(31-14(3)27)18(29)24(6)20(5,30-13(2)26)17(28)25(16)21;1-12(2)29-19(5)16(27)25-15(14-7-22-11-23-8-14)18(4,10-21)9-20(25,30-13(3)26)17(28)24(19)6/h4-16,24,36H,17-18H2,1-3H3;7-9,16H,10H2,1-6H3;7-8,11,15H,1,9H2,2-6H3/t24?,29-,30+,31+;16?,19-,20+,21+;15-,18+,19-,20-/m110/s1. The number of nitrogens with zero attached hydrogens (tertiary/aromatic N) is 13. The van der Waals surface area contributed by atoms with Gasteiger partial charge in [0.15, 0.2) is 44.6 Å². The minimum Gasteiger partial charge on any atom is -0.440 e.